The molecule has 5 heterocycles. The van der Waals surface area contributed by atoms with Crippen molar-refractivity contribution in [3.8, 4) is 0 Å². The van der Waals surface area contributed by atoms with Crippen LogP contribution in [0.15, 0.2) is 24.4 Å². The molecule has 0 unspecified atom stereocenters. The minimum atomic E-state index is 0.363. The molecule has 8 heteroatoms. The highest BCUT2D eigenvalue weighted by Gasteiger charge is 2.26. The Labute approximate surface area is 158 Å². The van der Waals surface area contributed by atoms with Crippen LogP contribution in [0.25, 0.3) is 5.65 Å². The average Bonchev–Trinajstić information content (AvgIpc) is 3.38. The van der Waals surface area contributed by atoms with Crippen LogP contribution in [0.3, 0.4) is 0 Å². The highest BCUT2D eigenvalue weighted by molar-refractivity contribution is 5.46. The summed E-state index contributed by atoms with van der Waals surface area (Å²) < 4.78 is 1.96. The van der Waals surface area contributed by atoms with Gasteiger partial charge in [0, 0.05) is 44.0 Å². The van der Waals surface area contributed by atoms with E-state index >= 15 is 0 Å². The van der Waals surface area contributed by atoms with E-state index in [0.717, 1.165) is 68.0 Å². The number of nitrogens with zero attached hydrogens (tertiary/aromatic N) is 8. The predicted octanol–water partition coefficient (Wildman–Crippen LogP) is 2.21. The molecule has 27 heavy (non-hydrogen) atoms. The molecule has 2 aliphatic heterocycles. The molecule has 2 saturated heterocycles. The van der Waals surface area contributed by atoms with Gasteiger partial charge in [-0.15, -0.1) is 15.3 Å². The maximum Gasteiger partial charge on any atom is 0.225 e. The van der Waals surface area contributed by atoms with Crippen LogP contribution in [-0.4, -0.2) is 56.0 Å². The van der Waals surface area contributed by atoms with Crippen LogP contribution in [-0.2, 0) is 0 Å². The summed E-state index contributed by atoms with van der Waals surface area (Å²) in [7, 11) is 0. The highest BCUT2D eigenvalue weighted by atomic mass is 15.4. The molecule has 0 bridgehead atoms. The zero-order valence-corrected chi connectivity index (χ0v) is 15.6. The van der Waals surface area contributed by atoms with Gasteiger partial charge in [0.1, 0.15) is 5.82 Å². The number of hydrogen-bond acceptors (Lipinski definition) is 7. The molecule has 5 rings (SSSR count). The van der Waals surface area contributed by atoms with Crippen LogP contribution in [0.4, 0.5) is 11.8 Å². The molecule has 0 N–H and O–H groups in total. The van der Waals surface area contributed by atoms with Gasteiger partial charge in [-0.3, -0.25) is 0 Å². The van der Waals surface area contributed by atoms with Crippen LogP contribution in [0.2, 0.25) is 0 Å². The van der Waals surface area contributed by atoms with Gasteiger partial charge < -0.3 is 9.80 Å². The highest BCUT2D eigenvalue weighted by Crippen LogP contribution is 2.29. The van der Waals surface area contributed by atoms with E-state index in [2.05, 4.69) is 36.0 Å². The van der Waals surface area contributed by atoms with E-state index < -0.39 is 0 Å². The summed E-state index contributed by atoms with van der Waals surface area (Å²) in [6.45, 7) is 6.03. The molecule has 3 aromatic rings. The first kappa shape index (κ1) is 16.4. The summed E-state index contributed by atoms with van der Waals surface area (Å²) in [6.07, 6.45) is 6.34. The number of anilines is 2. The predicted molar refractivity (Wildman–Crippen MR) is 103 cm³/mol. The lowest BCUT2D eigenvalue weighted by molar-refractivity contribution is 0.472. The summed E-state index contributed by atoms with van der Waals surface area (Å²) in [5.41, 5.74) is 1.83. The molecule has 0 atom stereocenters. The second kappa shape index (κ2) is 6.75. The third-order valence-corrected chi connectivity index (χ3v) is 5.63. The lowest BCUT2D eigenvalue weighted by atomic mass is 9.96. The van der Waals surface area contributed by atoms with Gasteiger partial charge >= 0.3 is 0 Å². The number of rotatable bonds is 3. The van der Waals surface area contributed by atoms with Gasteiger partial charge in [-0.2, -0.15) is 4.52 Å². The zero-order valence-electron chi connectivity index (χ0n) is 15.6. The van der Waals surface area contributed by atoms with Crippen molar-refractivity contribution < 1.29 is 0 Å². The maximum atomic E-state index is 4.86. The molecule has 0 spiro atoms. The summed E-state index contributed by atoms with van der Waals surface area (Å²) in [4.78, 5) is 13.6. The van der Waals surface area contributed by atoms with Crippen LogP contribution < -0.4 is 9.80 Å². The molecular weight excluding hydrogens is 340 g/mol. The summed E-state index contributed by atoms with van der Waals surface area (Å²) in [5.74, 6) is 3.21. The lowest BCUT2D eigenvalue weighted by Gasteiger charge is -2.31. The Morgan fingerprint density at radius 3 is 2.52 bits per heavy atom. The largest absolute Gasteiger partial charge is 0.355 e. The molecule has 140 valence electrons. The van der Waals surface area contributed by atoms with E-state index in [1.165, 1.54) is 12.8 Å². The van der Waals surface area contributed by atoms with Gasteiger partial charge in [-0.05, 0) is 50.8 Å². The molecule has 2 fully saturated rings. The third kappa shape index (κ3) is 3.09. The Hall–Kier alpha value is -2.77. The average molecular weight is 364 g/mol. The van der Waals surface area contributed by atoms with Gasteiger partial charge in [0.05, 0.1) is 0 Å². The Balaban J connectivity index is 1.36. The number of fused-ring (bicyclic) bond motifs is 1. The summed E-state index contributed by atoms with van der Waals surface area (Å²) in [6, 6.07) is 6.03. The fourth-order valence-corrected chi connectivity index (χ4v) is 4.09. The van der Waals surface area contributed by atoms with Gasteiger partial charge in [-0.1, -0.05) is 0 Å². The van der Waals surface area contributed by atoms with E-state index in [0.29, 0.717) is 5.92 Å². The molecule has 0 saturated carbocycles. The van der Waals surface area contributed by atoms with Gasteiger partial charge in [-0.25, -0.2) is 9.97 Å². The van der Waals surface area contributed by atoms with E-state index in [4.69, 9.17) is 5.10 Å². The normalized spacial score (nSPS) is 18.6. The molecule has 0 aliphatic carbocycles. The van der Waals surface area contributed by atoms with Crippen LogP contribution in [0.5, 0.6) is 0 Å². The van der Waals surface area contributed by atoms with Crippen molar-refractivity contribution in [2.24, 2.45) is 0 Å². The van der Waals surface area contributed by atoms with Gasteiger partial charge in [0.15, 0.2) is 11.5 Å². The first-order chi connectivity index (χ1) is 13.3. The smallest absolute Gasteiger partial charge is 0.225 e. The third-order valence-electron chi connectivity index (χ3n) is 5.63. The van der Waals surface area contributed by atoms with Gasteiger partial charge in [0.25, 0.3) is 0 Å². The van der Waals surface area contributed by atoms with Crippen molar-refractivity contribution in [1.29, 1.82) is 0 Å². The first-order valence-electron chi connectivity index (χ1n) is 9.80. The quantitative estimate of drug-likeness (QED) is 0.705. The van der Waals surface area contributed by atoms with Crippen LogP contribution in [0, 0.1) is 6.92 Å². The SMILES string of the molecule is Cc1ccnc(N2CCC(c3nnc4ccc(N5CCCC5)nn34)CC2)n1. The Kier molecular flexibility index (Phi) is 4.10. The fraction of sp³-hybridized carbons (Fsp3) is 0.526. The van der Waals surface area contributed by atoms with E-state index in [9.17, 15) is 0 Å². The van der Waals surface area contributed by atoms with Crippen molar-refractivity contribution in [1.82, 2.24) is 29.8 Å². The standard InChI is InChI=1S/C19H24N8/c1-14-6-9-20-19(21-14)26-12-7-15(8-13-26)18-23-22-16-4-5-17(24-27(16)18)25-10-2-3-11-25/h4-6,9,15H,2-3,7-8,10-13H2,1H3. The van der Waals surface area contributed by atoms with Crippen molar-refractivity contribution >= 4 is 17.4 Å². The van der Waals surface area contributed by atoms with E-state index in [1.807, 2.05) is 29.8 Å². The van der Waals surface area contributed by atoms with Gasteiger partial charge in [0.2, 0.25) is 5.95 Å². The molecule has 2 aliphatic rings. The zero-order chi connectivity index (χ0) is 18.2. The summed E-state index contributed by atoms with van der Waals surface area (Å²) in [5, 5.41) is 13.7. The number of hydrogen-bond donors (Lipinski definition) is 0. The topological polar surface area (TPSA) is 75.3 Å². The van der Waals surface area contributed by atoms with Crippen LogP contribution in [0.1, 0.15) is 43.1 Å². The number of aromatic nitrogens is 6. The second-order valence-corrected chi connectivity index (χ2v) is 7.47. The number of piperidine rings is 1. The minimum absolute atomic E-state index is 0.363. The first-order valence-corrected chi connectivity index (χ1v) is 9.80. The van der Waals surface area contributed by atoms with Crippen molar-refractivity contribution in [3.05, 3.63) is 35.9 Å². The van der Waals surface area contributed by atoms with Crippen LogP contribution >= 0.6 is 0 Å². The Morgan fingerprint density at radius 1 is 0.926 bits per heavy atom. The van der Waals surface area contributed by atoms with Crippen molar-refractivity contribution in [2.45, 2.75) is 38.5 Å². The molecule has 0 aromatic carbocycles. The summed E-state index contributed by atoms with van der Waals surface area (Å²) >= 11 is 0. The monoisotopic (exact) mass is 364 g/mol. The number of aryl methyl sites for hydroxylation is 1. The fourth-order valence-electron chi connectivity index (χ4n) is 4.09. The van der Waals surface area contributed by atoms with E-state index in [1.54, 1.807) is 0 Å². The van der Waals surface area contributed by atoms with E-state index in [-0.39, 0.29) is 0 Å². The minimum Gasteiger partial charge on any atom is -0.355 e. The molecule has 0 radical (unpaired) electrons. The Bertz CT molecular complexity index is 938. The molecule has 8 nitrogen and oxygen atoms in total. The molecule has 3 aromatic heterocycles. The lowest BCUT2D eigenvalue weighted by Crippen LogP contribution is -2.34. The van der Waals surface area contributed by atoms with Crippen molar-refractivity contribution in [2.75, 3.05) is 36.0 Å². The molecular formula is C19H24N8. The maximum absolute atomic E-state index is 4.86. The second-order valence-electron chi connectivity index (χ2n) is 7.47. The Morgan fingerprint density at radius 2 is 1.74 bits per heavy atom. The van der Waals surface area contributed by atoms with Crippen molar-refractivity contribution in [3.63, 3.8) is 0 Å². The molecule has 0 amide bonds.